The summed E-state index contributed by atoms with van der Waals surface area (Å²) < 4.78 is 25.7. The van der Waals surface area contributed by atoms with Gasteiger partial charge < -0.3 is 5.32 Å². The van der Waals surface area contributed by atoms with Crippen molar-refractivity contribution in [3.05, 3.63) is 65.2 Å². The molecule has 2 aromatic rings. The quantitative estimate of drug-likeness (QED) is 0.755. The lowest BCUT2D eigenvalue weighted by Gasteiger charge is -2.28. The standard InChI is InChI=1S/C21H28N2O3S/c1-5-17-12-13-18(6-2)19(14-17)15-22-21(24)16(3)23(27(4,25)26)20-10-8-7-9-11-20/h7-14,16H,5-6,15H2,1-4H3,(H,22,24)/t16-/m0/s1. The molecule has 0 fully saturated rings. The molecule has 0 saturated heterocycles. The lowest BCUT2D eigenvalue weighted by atomic mass is 10.0. The summed E-state index contributed by atoms with van der Waals surface area (Å²) in [7, 11) is -3.60. The zero-order chi connectivity index (χ0) is 20.0. The van der Waals surface area contributed by atoms with Crippen LogP contribution in [0.3, 0.4) is 0 Å². The molecule has 0 spiro atoms. The molecule has 1 N–H and O–H groups in total. The highest BCUT2D eigenvalue weighted by molar-refractivity contribution is 7.92. The maximum absolute atomic E-state index is 12.7. The highest BCUT2D eigenvalue weighted by Gasteiger charge is 2.28. The van der Waals surface area contributed by atoms with Crippen molar-refractivity contribution in [2.45, 2.75) is 46.2 Å². The van der Waals surface area contributed by atoms with E-state index in [9.17, 15) is 13.2 Å². The smallest absolute Gasteiger partial charge is 0.243 e. The number of hydrogen-bond donors (Lipinski definition) is 1. The van der Waals surface area contributed by atoms with Crippen LogP contribution in [0, 0.1) is 0 Å². The molecule has 2 rings (SSSR count). The van der Waals surface area contributed by atoms with Crippen LogP contribution in [0.15, 0.2) is 48.5 Å². The summed E-state index contributed by atoms with van der Waals surface area (Å²) in [6, 6.07) is 14.1. The van der Waals surface area contributed by atoms with Crippen molar-refractivity contribution < 1.29 is 13.2 Å². The van der Waals surface area contributed by atoms with Crippen molar-refractivity contribution in [3.8, 4) is 0 Å². The van der Waals surface area contributed by atoms with E-state index >= 15 is 0 Å². The first-order valence-corrected chi connectivity index (χ1v) is 11.1. The molecule has 0 bridgehead atoms. The fourth-order valence-electron chi connectivity index (χ4n) is 3.12. The lowest BCUT2D eigenvalue weighted by Crippen LogP contribution is -2.47. The van der Waals surface area contributed by atoms with Gasteiger partial charge in [0.15, 0.2) is 0 Å². The van der Waals surface area contributed by atoms with Gasteiger partial charge in [0.25, 0.3) is 0 Å². The number of benzene rings is 2. The zero-order valence-corrected chi connectivity index (χ0v) is 17.2. The Balaban J connectivity index is 2.19. The molecule has 0 aromatic heterocycles. The number of hydrogen-bond acceptors (Lipinski definition) is 3. The summed E-state index contributed by atoms with van der Waals surface area (Å²) in [6.45, 7) is 6.16. The number of rotatable bonds is 8. The Bertz CT molecular complexity index is 880. The van der Waals surface area contributed by atoms with E-state index in [1.54, 1.807) is 31.2 Å². The van der Waals surface area contributed by atoms with E-state index in [-0.39, 0.29) is 5.91 Å². The second-order valence-electron chi connectivity index (χ2n) is 6.60. The SMILES string of the molecule is CCc1ccc(CC)c(CNC(=O)[C@H](C)N(c2ccccc2)S(C)(=O)=O)c1. The van der Waals surface area contributed by atoms with Crippen LogP contribution in [0.25, 0.3) is 0 Å². The molecule has 2 aromatic carbocycles. The molecule has 0 unspecified atom stereocenters. The Labute approximate surface area is 162 Å². The molecule has 27 heavy (non-hydrogen) atoms. The summed E-state index contributed by atoms with van der Waals surface area (Å²) in [5.74, 6) is -0.326. The van der Waals surface area contributed by atoms with Crippen LogP contribution in [0.1, 0.15) is 37.5 Å². The third kappa shape index (κ3) is 5.32. The van der Waals surface area contributed by atoms with Gasteiger partial charge >= 0.3 is 0 Å². The number of carbonyl (C=O) groups excluding carboxylic acids is 1. The number of carbonyl (C=O) groups is 1. The predicted octanol–water partition coefficient (Wildman–Crippen LogP) is 3.28. The Morgan fingerprint density at radius 1 is 1.04 bits per heavy atom. The average molecular weight is 389 g/mol. The Morgan fingerprint density at radius 2 is 1.70 bits per heavy atom. The molecule has 0 heterocycles. The maximum atomic E-state index is 12.7. The van der Waals surface area contributed by atoms with Gasteiger partial charge in [0.2, 0.25) is 15.9 Å². The lowest BCUT2D eigenvalue weighted by molar-refractivity contribution is -0.122. The largest absolute Gasteiger partial charge is 0.350 e. The van der Waals surface area contributed by atoms with Crippen molar-refractivity contribution in [2.75, 3.05) is 10.6 Å². The third-order valence-corrected chi connectivity index (χ3v) is 5.85. The molecular weight excluding hydrogens is 360 g/mol. The van der Waals surface area contributed by atoms with E-state index in [1.807, 2.05) is 6.07 Å². The molecule has 0 radical (unpaired) electrons. The van der Waals surface area contributed by atoms with Crippen LogP contribution in [0.4, 0.5) is 5.69 Å². The van der Waals surface area contributed by atoms with Crippen LogP contribution in [0.5, 0.6) is 0 Å². The first kappa shape index (κ1) is 21.0. The summed E-state index contributed by atoms with van der Waals surface area (Å²) in [5, 5.41) is 2.90. The molecule has 0 saturated carbocycles. The van der Waals surface area contributed by atoms with Crippen LogP contribution in [0.2, 0.25) is 0 Å². The normalized spacial score (nSPS) is 12.4. The van der Waals surface area contributed by atoms with Gasteiger partial charge in [-0.25, -0.2) is 8.42 Å². The van der Waals surface area contributed by atoms with Gasteiger partial charge in [-0.3, -0.25) is 9.10 Å². The topological polar surface area (TPSA) is 66.5 Å². The van der Waals surface area contributed by atoms with Crippen LogP contribution >= 0.6 is 0 Å². The number of aryl methyl sites for hydroxylation is 2. The van der Waals surface area contributed by atoms with Gasteiger partial charge in [-0.05, 0) is 48.6 Å². The number of amides is 1. The molecule has 146 valence electrons. The molecule has 5 nitrogen and oxygen atoms in total. The fraction of sp³-hybridized carbons (Fsp3) is 0.381. The number of anilines is 1. The highest BCUT2D eigenvalue weighted by atomic mass is 32.2. The molecule has 1 atom stereocenters. The Morgan fingerprint density at radius 3 is 2.26 bits per heavy atom. The minimum absolute atomic E-state index is 0.326. The summed E-state index contributed by atoms with van der Waals surface area (Å²) in [4.78, 5) is 12.7. The molecule has 6 heteroatoms. The van der Waals surface area contributed by atoms with Gasteiger partial charge in [-0.15, -0.1) is 0 Å². The van der Waals surface area contributed by atoms with E-state index in [2.05, 4.69) is 37.4 Å². The monoisotopic (exact) mass is 388 g/mol. The first-order valence-electron chi connectivity index (χ1n) is 9.20. The molecule has 0 aliphatic carbocycles. The minimum atomic E-state index is -3.60. The van der Waals surface area contributed by atoms with E-state index in [0.717, 1.165) is 29.0 Å². The van der Waals surface area contributed by atoms with Crippen molar-refractivity contribution in [1.29, 1.82) is 0 Å². The van der Waals surface area contributed by atoms with Crippen LogP contribution < -0.4 is 9.62 Å². The van der Waals surface area contributed by atoms with Crippen molar-refractivity contribution in [3.63, 3.8) is 0 Å². The average Bonchev–Trinajstić information content (AvgIpc) is 2.65. The van der Waals surface area contributed by atoms with Gasteiger partial charge in [0, 0.05) is 6.54 Å². The van der Waals surface area contributed by atoms with Crippen molar-refractivity contribution >= 4 is 21.6 Å². The van der Waals surface area contributed by atoms with E-state index in [4.69, 9.17) is 0 Å². The van der Waals surface area contributed by atoms with Gasteiger partial charge in [0.05, 0.1) is 11.9 Å². The molecule has 0 aliphatic heterocycles. The summed E-state index contributed by atoms with van der Waals surface area (Å²) >= 11 is 0. The molecule has 0 aliphatic rings. The summed E-state index contributed by atoms with van der Waals surface area (Å²) in [6.07, 6.45) is 2.92. The number of nitrogens with zero attached hydrogens (tertiary/aromatic N) is 1. The van der Waals surface area contributed by atoms with Gasteiger partial charge in [-0.2, -0.15) is 0 Å². The predicted molar refractivity (Wildman–Crippen MR) is 110 cm³/mol. The van der Waals surface area contributed by atoms with E-state index in [0.29, 0.717) is 12.2 Å². The minimum Gasteiger partial charge on any atom is -0.350 e. The fourth-order valence-corrected chi connectivity index (χ4v) is 4.30. The second-order valence-corrected chi connectivity index (χ2v) is 8.46. The molecular formula is C21H28N2O3S. The number of sulfonamides is 1. The van der Waals surface area contributed by atoms with Crippen molar-refractivity contribution in [2.24, 2.45) is 0 Å². The second kappa shape index (κ2) is 9.04. The van der Waals surface area contributed by atoms with Gasteiger partial charge in [-0.1, -0.05) is 50.2 Å². The Kier molecular flexibility index (Phi) is 7.02. The number of nitrogens with one attached hydrogen (secondary N) is 1. The van der Waals surface area contributed by atoms with Crippen molar-refractivity contribution in [1.82, 2.24) is 5.32 Å². The molecule has 1 amide bonds. The first-order chi connectivity index (χ1) is 12.8. The van der Waals surface area contributed by atoms with Crippen LogP contribution in [-0.2, 0) is 34.2 Å². The van der Waals surface area contributed by atoms with E-state index in [1.165, 1.54) is 11.1 Å². The summed E-state index contributed by atoms with van der Waals surface area (Å²) in [5.41, 5.74) is 3.95. The highest BCUT2D eigenvalue weighted by Crippen LogP contribution is 2.20. The van der Waals surface area contributed by atoms with Crippen LogP contribution in [-0.4, -0.2) is 26.6 Å². The van der Waals surface area contributed by atoms with Gasteiger partial charge in [0.1, 0.15) is 6.04 Å². The maximum Gasteiger partial charge on any atom is 0.243 e. The third-order valence-electron chi connectivity index (χ3n) is 4.61. The number of para-hydroxylation sites is 1. The zero-order valence-electron chi connectivity index (χ0n) is 16.4. The Hall–Kier alpha value is -2.34. The van der Waals surface area contributed by atoms with E-state index < -0.39 is 16.1 Å².